The molecule has 162 valence electrons. The monoisotopic (exact) mass is 422 g/mol. The van der Waals surface area contributed by atoms with E-state index < -0.39 is 11.7 Å². The first-order chi connectivity index (χ1) is 14.3. The van der Waals surface area contributed by atoms with Gasteiger partial charge in [-0.25, -0.2) is 9.78 Å². The van der Waals surface area contributed by atoms with Gasteiger partial charge in [-0.1, -0.05) is 0 Å². The molecule has 0 saturated carbocycles. The predicted octanol–water partition coefficient (Wildman–Crippen LogP) is 4.27. The molecule has 2 heterocycles. The lowest BCUT2D eigenvalue weighted by molar-refractivity contribution is -0.137. The highest BCUT2D eigenvalue weighted by Gasteiger charge is 2.36. The van der Waals surface area contributed by atoms with Crippen molar-refractivity contribution in [2.45, 2.75) is 19.5 Å². The number of amides is 2. The minimum Gasteiger partial charge on any atom is -0.497 e. The molecule has 0 radical (unpaired) electrons. The van der Waals surface area contributed by atoms with Gasteiger partial charge in [0.15, 0.2) is 0 Å². The zero-order valence-corrected chi connectivity index (χ0v) is 17.0. The van der Waals surface area contributed by atoms with E-state index in [0.29, 0.717) is 38.3 Å². The van der Waals surface area contributed by atoms with Gasteiger partial charge in [0.1, 0.15) is 11.6 Å². The van der Waals surface area contributed by atoms with E-state index >= 15 is 0 Å². The number of aromatic nitrogens is 1. The molecule has 0 unspecified atom stereocenters. The van der Waals surface area contributed by atoms with E-state index in [-0.39, 0.29) is 18.4 Å². The van der Waals surface area contributed by atoms with Gasteiger partial charge in [0.2, 0.25) is 0 Å². The largest absolute Gasteiger partial charge is 0.497 e. The van der Waals surface area contributed by atoms with Crippen molar-refractivity contribution in [1.82, 2.24) is 9.88 Å². The van der Waals surface area contributed by atoms with Crippen LogP contribution >= 0.6 is 0 Å². The van der Waals surface area contributed by atoms with E-state index in [2.05, 4.69) is 4.98 Å². The number of halogens is 3. The summed E-state index contributed by atoms with van der Waals surface area (Å²) in [4.78, 5) is 22.0. The third kappa shape index (κ3) is 4.77. The summed E-state index contributed by atoms with van der Waals surface area (Å²) >= 11 is 0. The maximum atomic E-state index is 13.4. The fourth-order valence-corrected chi connectivity index (χ4v) is 3.55. The van der Waals surface area contributed by atoms with Crippen LogP contribution in [-0.4, -0.2) is 55.7 Å². The summed E-state index contributed by atoms with van der Waals surface area (Å²) in [7, 11) is 1.58. The summed E-state index contributed by atoms with van der Waals surface area (Å²) in [6.45, 7) is 3.83. The summed E-state index contributed by atoms with van der Waals surface area (Å²) in [5.74, 6) is 0.616. The molecule has 1 aliphatic rings. The Morgan fingerprint density at radius 2 is 1.87 bits per heavy atom. The number of urea groups is 1. The van der Waals surface area contributed by atoms with Crippen molar-refractivity contribution in [3.8, 4) is 5.75 Å². The Morgan fingerprint density at radius 3 is 2.50 bits per heavy atom. The molecule has 6 nitrogen and oxygen atoms in total. The van der Waals surface area contributed by atoms with E-state index in [1.54, 1.807) is 33.9 Å². The van der Waals surface area contributed by atoms with Gasteiger partial charge >= 0.3 is 12.2 Å². The average molecular weight is 422 g/mol. The molecule has 1 saturated heterocycles. The SMILES string of the molecule is CCN(C(=O)N1CCCN(c2ncccc2C(F)(F)F)CC1)c1ccc(OC)cc1. The van der Waals surface area contributed by atoms with Crippen LogP contribution in [0.4, 0.5) is 29.5 Å². The van der Waals surface area contributed by atoms with Gasteiger partial charge in [0.05, 0.1) is 12.7 Å². The van der Waals surface area contributed by atoms with Gasteiger partial charge in [-0.15, -0.1) is 0 Å². The van der Waals surface area contributed by atoms with Crippen LogP contribution in [0.25, 0.3) is 0 Å². The number of carbonyl (C=O) groups is 1. The third-order valence-corrected chi connectivity index (χ3v) is 5.09. The molecule has 0 bridgehead atoms. The van der Waals surface area contributed by atoms with E-state index in [1.165, 1.54) is 12.3 Å². The second-order valence-corrected chi connectivity index (χ2v) is 6.92. The van der Waals surface area contributed by atoms with Crippen molar-refractivity contribution in [3.05, 3.63) is 48.2 Å². The Bertz CT molecular complexity index is 858. The number of ether oxygens (including phenoxy) is 1. The molecular formula is C21H25F3N4O2. The highest BCUT2D eigenvalue weighted by molar-refractivity contribution is 5.92. The maximum Gasteiger partial charge on any atom is 0.419 e. The Morgan fingerprint density at radius 1 is 1.13 bits per heavy atom. The molecular weight excluding hydrogens is 397 g/mol. The summed E-state index contributed by atoms with van der Waals surface area (Å²) in [6, 6.07) is 9.36. The molecule has 0 spiro atoms. The molecule has 9 heteroatoms. The van der Waals surface area contributed by atoms with Gasteiger partial charge < -0.3 is 14.5 Å². The number of carbonyl (C=O) groups excluding carboxylic acids is 1. The molecule has 3 rings (SSSR count). The van der Waals surface area contributed by atoms with E-state index in [0.717, 1.165) is 11.8 Å². The van der Waals surface area contributed by atoms with Crippen molar-refractivity contribution in [2.24, 2.45) is 0 Å². The zero-order chi connectivity index (χ0) is 21.7. The minimum absolute atomic E-state index is 0.0817. The Balaban J connectivity index is 1.73. The van der Waals surface area contributed by atoms with Crippen LogP contribution in [0.5, 0.6) is 5.75 Å². The third-order valence-electron chi connectivity index (χ3n) is 5.09. The second-order valence-electron chi connectivity index (χ2n) is 6.92. The number of anilines is 2. The van der Waals surface area contributed by atoms with Crippen LogP contribution in [0.2, 0.25) is 0 Å². The summed E-state index contributed by atoms with van der Waals surface area (Å²) in [6.07, 6.45) is -2.56. The van der Waals surface area contributed by atoms with Gasteiger partial charge in [-0.3, -0.25) is 4.90 Å². The van der Waals surface area contributed by atoms with Crippen LogP contribution in [0, 0.1) is 0 Å². The highest BCUT2D eigenvalue weighted by Crippen LogP contribution is 2.35. The quantitative estimate of drug-likeness (QED) is 0.739. The predicted molar refractivity (Wildman–Crippen MR) is 109 cm³/mol. The fraction of sp³-hybridized carbons (Fsp3) is 0.429. The number of rotatable bonds is 4. The molecule has 0 atom stereocenters. The normalized spacial score (nSPS) is 15.0. The van der Waals surface area contributed by atoms with Crippen LogP contribution in [0.3, 0.4) is 0 Å². The molecule has 1 aromatic carbocycles. The van der Waals surface area contributed by atoms with Crippen molar-refractivity contribution >= 4 is 17.5 Å². The number of methoxy groups -OCH3 is 1. The smallest absolute Gasteiger partial charge is 0.419 e. The van der Waals surface area contributed by atoms with E-state index in [9.17, 15) is 18.0 Å². The molecule has 1 fully saturated rings. The molecule has 0 N–H and O–H groups in total. The number of hydrogen-bond donors (Lipinski definition) is 0. The van der Waals surface area contributed by atoms with Crippen LogP contribution < -0.4 is 14.5 Å². The number of hydrogen-bond acceptors (Lipinski definition) is 4. The van der Waals surface area contributed by atoms with Gasteiger partial charge in [-0.05, 0) is 49.7 Å². The Labute approximate surface area is 173 Å². The van der Waals surface area contributed by atoms with Gasteiger partial charge in [0, 0.05) is 44.6 Å². The molecule has 2 aromatic rings. The fourth-order valence-electron chi connectivity index (χ4n) is 3.55. The van der Waals surface area contributed by atoms with Crippen molar-refractivity contribution in [1.29, 1.82) is 0 Å². The molecule has 30 heavy (non-hydrogen) atoms. The van der Waals surface area contributed by atoms with Crippen LogP contribution in [0.1, 0.15) is 18.9 Å². The first-order valence-corrected chi connectivity index (χ1v) is 9.82. The Hall–Kier alpha value is -2.97. The van der Waals surface area contributed by atoms with Crippen molar-refractivity contribution in [3.63, 3.8) is 0 Å². The lowest BCUT2D eigenvalue weighted by Crippen LogP contribution is -2.45. The Kier molecular flexibility index (Phi) is 6.69. The summed E-state index contributed by atoms with van der Waals surface area (Å²) in [5.41, 5.74) is -0.00770. The zero-order valence-electron chi connectivity index (χ0n) is 17.0. The van der Waals surface area contributed by atoms with E-state index in [4.69, 9.17) is 4.74 Å². The molecule has 0 aliphatic carbocycles. The average Bonchev–Trinajstić information content (AvgIpc) is 3.00. The van der Waals surface area contributed by atoms with Gasteiger partial charge in [0.25, 0.3) is 0 Å². The number of nitrogens with zero attached hydrogens (tertiary/aromatic N) is 4. The molecule has 1 aliphatic heterocycles. The van der Waals surface area contributed by atoms with Crippen molar-refractivity contribution in [2.75, 3.05) is 49.6 Å². The summed E-state index contributed by atoms with van der Waals surface area (Å²) < 4.78 is 45.2. The molecule has 1 aromatic heterocycles. The standard InChI is InChI=1S/C21H25F3N4O2/c1-3-28(16-7-9-17(30-2)10-8-16)20(29)27-13-5-12-26(14-15-27)19-18(21(22,23)24)6-4-11-25-19/h4,6-11H,3,5,12-15H2,1-2H3. The molecule has 2 amide bonds. The number of benzene rings is 1. The van der Waals surface area contributed by atoms with Crippen LogP contribution in [-0.2, 0) is 6.18 Å². The highest BCUT2D eigenvalue weighted by atomic mass is 19.4. The first kappa shape index (κ1) is 21.7. The lowest BCUT2D eigenvalue weighted by Gasteiger charge is -2.29. The second kappa shape index (κ2) is 9.23. The van der Waals surface area contributed by atoms with E-state index in [1.807, 2.05) is 19.1 Å². The maximum absolute atomic E-state index is 13.4. The topological polar surface area (TPSA) is 48.9 Å². The lowest BCUT2D eigenvalue weighted by atomic mass is 10.2. The van der Waals surface area contributed by atoms with Crippen LogP contribution in [0.15, 0.2) is 42.6 Å². The van der Waals surface area contributed by atoms with Gasteiger partial charge in [-0.2, -0.15) is 13.2 Å². The minimum atomic E-state index is -4.47. The number of pyridine rings is 1. The summed E-state index contributed by atoms with van der Waals surface area (Å²) in [5, 5.41) is 0. The first-order valence-electron chi connectivity index (χ1n) is 9.82. The van der Waals surface area contributed by atoms with Crippen molar-refractivity contribution < 1.29 is 22.7 Å². The number of alkyl halides is 3.